The van der Waals surface area contributed by atoms with Gasteiger partial charge in [-0.1, -0.05) is 47.5 Å². The summed E-state index contributed by atoms with van der Waals surface area (Å²) in [5.74, 6) is -1.37. The third-order valence-electron chi connectivity index (χ3n) is 6.50. The van der Waals surface area contributed by atoms with Gasteiger partial charge in [0.2, 0.25) is 11.8 Å². The van der Waals surface area contributed by atoms with E-state index in [1.807, 2.05) is 62.4 Å². The molecule has 4 heterocycles. The zero-order valence-corrected chi connectivity index (χ0v) is 16.1. The fourth-order valence-corrected chi connectivity index (χ4v) is 5.07. The average molecular weight is 388 g/mol. The first-order valence-electron chi connectivity index (χ1n) is 9.87. The number of imide groups is 1. The molecule has 29 heavy (non-hydrogen) atoms. The molecule has 6 rings (SSSR count). The van der Waals surface area contributed by atoms with Gasteiger partial charge in [-0.3, -0.25) is 19.9 Å². The van der Waals surface area contributed by atoms with E-state index in [0.29, 0.717) is 5.69 Å². The molecule has 6 nitrogen and oxygen atoms in total. The highest BCUT2D eigenvalue weighted by molar-refractivity contribution is 6.23. The van der Waals surface area contributed by atoms with Crippen molar-refractivity contribution in [3.05, 3.63) is 70.8 Å². The topological polar surface area (TPSA) is 67.9 Å². The molecule has 2 aromatic carbocycles. The highest BCUT2D eigenvalue weighted by Crippen LogP contribution is 2.55. The number of carbonyl (C=O) groups is 2. The summed E-state index contributed by atoms with van der Waals surface area (Å²) in [6, 6.07) is 15.6. The van der Waals surface area contributed by atoms with E-state index < -0.39 is 24.0 Å². The second-order valence-electron chi connectivity index (χ2n) is 8.26. The molecule has 2 bridgehead atoms. The van der Waals surface area contributed by atoms with E-state index in [4.69, 9.17) is 9.57 Å². The fourth-order valence-electron chi connectivity index (χ4n) is 5.07. The fraction of sp³-hybridized carbons (Fsp3) is 0.304. The second kappa shape index (κ2) is 5.78. The van der Waals surface area contributed by atoms with Gasteiger partial charge >= 0.3 is 0 Å². The van der Waals surface area contributed by atoms with Crippen LogP contribution in [0.2, 0.25) is 0 Å². The van der Waals surface area contributed by atoms with Crippen molar-refractivity contribution in [3.8, 4) is 0 Å². The first kappa shape index (κ1) is 16.9. The quantitative estimate of drug-likeness (QED) is 0.801. The van der Waals surface area contributed by atoms with E-state index in [0.717, 1.165) is 22.4 Å². The van der Waals surface area contributed by atoms with Gasteiger partial charge in [0, 0.05) is 11.1 Å². The van der Waals surface area contributed by atoms with Crippen LogP contribution < -0.4 is 10.4 Å². The number of amides is 2. The van der Waals surface area contributed by atoms with E-state index in [-0.39, 0.29) is 17.9 Å². The molecule has 3 saturated heterocycles. The van der Waals surface area contributed by atoms with Gasteiger partial charge in [-0.2, -0.15) is 0 Å². The number of hydroxylamine groups is 1. The molecule has 0 spiro atoms. The molecule has 2 amide bonds. The molecule has 146 valence electrons. The lowest BCUT2D eigenvalue weighted by molar-refractivity contribution is -0.126. The lowest BCUT2D eigenvalue weighted by Gasteiger charge is -2.22. The number of aryl methyl sites for hydroxylation is 2. The van der Waals surface area contributed by atoms with Crippen molar-refractivity contribution in [3.63, 3.8) is 0 Å². The van der Waals surface area contributed by atoms with Gasteiger partial charge in [-0.05, 0) is 26.0 Å². The molecule has 4 aliphatic heterocycles. The van der Waals surface area contributed by atoms with Crippen LogP contribution in [-0.2, 0) is 19.2 Å². The van der Waals surface area contributed by atoms with Gasteiger partial charge in [0.1, 0.15) is 12.2 Å². The Balaban J connectivity index is 1.40. The van der Waals surface area contributed by atoms with Crippen LogP contribution in [0.4, 0.5) is 5.69 Å². The Bertz CT molecular complexity index is 1070. The maximum absolute atomic E-state index is 13.3. The zero-order valence-electron chi connectivity index (χ0n) is 16.1. The van der Waals surface area contributed by atoms with Crippen LogP contribution in [0.5, 0.6) is 0 Å². The summed E-state index contributed by atoms with van der Waals surface area (Å²) in [4.78, 5) is 33.6. The number of hydrogen-bond donors (Lipinski definition) is 1. The molecule has 4 aliphatic rings. The summed E-state index contributed by atoms with van der Waals surface area (Å²) in [5.41, 5.74) is 8.70. The highest BCUT2D eigenvalue weighted by Gasteiger charge is 2.69. The van der Waals surface area contributed by atoms with Crippen LogP contribution in [0.15, 0.2) is 54.1 Å². The predicted octanol–water partition coefficient (Wildman–Crippen LogP) is 2.50. The SMILES string of the molecule is Cc1ccc(C2=C3[C@@H](ON2)[C@H]2O[C@@H]3[C@H]3C(=O)N(c4ccc(C)cc4)C(=O)[C@@H]23)cc1. The molecule has 0 aromatic heterocycles. The van der Waals surface area contributed by atoms with Crippen molar-refractivity contribution in [1.29, 1.82) is 0 Å². The first-order chi connectivity index (χ1) is 14.0. The minimum atomic E-state index is -0.498. The number of ether oxygens (including phenoxy) is 1. The van der Waals surface area contributed by atoms with Gasteiger partial charge in [-0.15, -0.1) is 0 Å². The van der Waals surface area contributed by atoms with Crippen LogP contribution in [0, 0.1) is 25.7 Å². The van der Waals surface area contributed by atoms with Crippen molar-refractivity contribution >= 4 is 23.2 Å². The maximum atomic E-state index is 13.3. The van der Waals surface area contributed by atoms with E-state index in [2.05, 4.69) is 5.48 Å². The van der Waals surface area contributed by atoms with Gasteiger partial charge in [0.15, 0.2) is 0 Å². The zero-order chi connectivity index (χ0) is 19.9. The summed E-state index contributed by atoms with van der Waals surface area (Å²) >= 11 is 0. The molecule has 0 unspecified atom stereocenters. The third kappa shape index (κ3) is 2.18. The molecular formula is C23H20N2O4. The van der Waals surface area contributed by atoms with Gasteiger partial charge in [-0.25, -0.2) is 4.90 Å². The van der Waals surface area contributed by atoms with E-state index in [1.165, 1.54) is 10.5 Å². The Labute approximate surface area is 168 Å². The molecule has 3 fully saturated rings. The highest BCUT2D eigenvalue weighted by atomic mass is 16.7. The predicted molar refractivity (Wildman–Crippen MR) is 105 cm³/mol. The van der Waals surface area contributed by atoms with Crippen LogP contribution in [0.25, 0.3) is 5.70 Å². The summed E-state index contributed by atoms with van der Waals surface area (Å²) in [6.45, 7) is 4.02. The monoisotopic (exact) mass is 388 g/mol. The Morgan fingerprint density at radius 2 is 1.45 bits per heavy atom. The number of nitrogens with zero attached hydrogens (tertiary/aromatic N) is 1. The van der Waals surface area contributed by atoms with Crippen molar-refractivity contribution in [2.24, 2.45) is 11.8 Å². The molecule has 1 N–H and O–H groups in total. The first-order valence-corrected chi connectivity index (χ1v) is 9.87. The molecule has 0 aliphatic carbocycles. The van der Waals surface area contributed by atoms with Crippen LogP contribution in [0.3, 0.4) is 0 Å². The van der Waals surface area contributed by atoms with Gasteiger partial charge in [0.05, 0.1) is 29.3 Å². The minimum absolute atomic E-state index is 0.183. The van der Waals surface area contributed by atoms with Crippen molar-refractivity contribution in [2.75, 3.05) is 4.90 Å². The third-order valence-corrected chi connectivity index (χ3v) is 6.50. The van der Waals surface area contributed by atoms with Crippen molar-refractivity contribution in [2.45, 2.75) is 32.2 Å². The summed E-state index contributed by atoms with van der Waals surface area (Å²) in [7, 11) is 0. The number of anilines is 1. The number of carbonyl (C=O) groups excluding carboxylic acids is 2. The maximum Gasteiger partial charge on any atom is 0.240 e. The lowest BCUT2D eigenvalue weighted by Crippen LogP contribution is -2.40. The van der Waals surface area contributed by atoms with Gasteiger partial charge in [0.25, 0.3) is 0 Å². The number of fused-ring (bicyclic) bond motifs is 8. The Morgan fingerprint density at radius 3 is 2.14 bits per heavy atom. The van der Waals surface area contributed by atoms with Crippen LogP contribution in [0.1, 0.15) is 16.7 Å². The smallest absolute Gasteiger partial charge is 0.240 e. The minimum Gasteiger partial charge on any atom is -0.366 e. The number of hydrogen-bond acceptors (Lipinski definition) is 5. The Hall–Kier alpha value is -2.96. The second-order valence-corrected chi connectivity index (χ2v) is 8.26. The number of benzene rings is 2. The van der Waals surface area contributed by atoms with Crippen LogP contribution in [-0.4, -0.2) is 30.1 Å². The summed E-state index contributed by atoms with van der Waals surface area (Å²) in [6.07, 6.45) is -1.22. The molecule has 0 radical (unpaired) electrons. The van der Waals surface area contributed by atoms with E-state index in [9.17, 15) is 9.59 Å². The average Bonchev–Trinajstić information content (AvgIpc) is 3.44. The normalized spacial score (nSPS) is 32.1. The summed E-state index contributed by atoms with van der Waals surface area (Å²) in [5, 5.41) is 0. The standard InChI is InChI=1S/C23H20N2O4/c1-11-3-7-13(8-4-11)18-17-19-15-16(20(28-19)21(17)29-24-18)23(27)25(22(15)26)14-9-5-12(2)6-10-14/h3-10,15-16,19-21,24H,1-2H3/t15-,16+,19+,20-,21+/m0/s1. The summed E-state index contributed by atoms with van der Waals surface area (Å²) < 4.78 is 6.13. The number of rotatable bonds is 2. The lowest BCUT2D eigenvalue weighted by atomic mass is 9.76. The number of nitrogens with one attached hydrogen (secondary N) is 1. The molecule has 0 saturated carbocycles. The molecule has 5 atom stereocenters. The van der Waals surface area contributed by atoms with Gasteiger partial charge < -0.3 is 4.74 Å². The van der Waals surface area contributed by atoms with Crippen molar-refractivity contribution in [1.82, 2.24) is 5.48 Å². The Morgan fingerprint density at radius 1 is 0.828 bits per heavy atom. The van der Waals surface area contributed by atoms with Crippen LogP contribution >= 0.6 is 0 Å². The Kier molecular flexibility index (Phi) is 3.38. The molecule has 6 heteroatoms. The molecule has 2 aromatic rings. The van der Waals surface area contributed by atoms with E-state index >= 15 is 0 Å². The van der Waals surface area contributed by atoms with E-state index in [1.54, 1.807) is 0 Å². The molecular weight excluding hydrogens is 368 g/mol. The largest absolute Gasteiger partial charge is 0.366 e. The van der Waals surface area contributed by atoms with Crippen molar-refractivity contribution < 1.29 is 19.2 Å².